The molecule has 0 bridgehead atoms. The van der Waals surface area contributed by atoms with Gasteiger partial charge in [0, 0.05) is 11.6 Å². The number of para-hydroxylation sites is 1. The summed E-state index contributed by atoms with van der Waals surface area (Å²) in [4.78, 5) is 2.31. The Balaban J connectivity index is 2.06. The molecule has 0 saturated carbocycles. The van der Waals surface area contributed by atoms with E-state index >= 15 is 0 Å². The number of ether oxygens (including phenoxy) is 1. The number of hydrogen-bond acceptors (Lipinski definition) is 2. The molecule has 0 spiro atoms. The van der Waals surface area contributed by atoms with E-state index in [4.69, 9.17) is 4.74 Å². The standard InChI is InChI=1S/C21H25NO/c1-4-17(22(2)3)13-14-19-18-10-6-5-9-16(18)15-23-21-12-8-7-11-20(19)21/h5-12,14,17H,4,13,15H2,1-3H3. The summed E-state index contributed by atoms with van der Waals surface area (Å²) in [6.45, 7) is 2.89. The molecule has 2 aromatic carbocycles. The average molecular weight is 307 g/mol. The van der Waals surface area contributed by atoms with Crippen molar-refractivity contribution in [3.8, 4) is 5.75 Å². The molecule has 0 radical (unpaired) electrons. The van der Waals surface area contributed by atoms with Crippen LogP contribution in [0.4, 0.5) is 0 Å². The van der Waals surface area contributed by atoms with E-state index in [1.165, 1.54) is 22.3 Å². The minimum Gasteiger partial charge on any atom is -0.488 e. The van der Waals surface area contributed by atoms with Crippen LogP contribution in [0.15, 0.2) is 54.6 Å². The highest BCUT2D eigenvalue weighted by Crippen LogP contribution is 2.36. The molecule has 0 saturated heterocycles. The summed E-state index contributed by atoms with van der Waals surface area (Å²) in [5, 5.41) is 0. The zero-order valence-electron chi connectivity index (χ0n) is 14.3. The van der Waals surface area contributed by atoms with Crippen molar-refractivity contribution in [3.63, 3.8) is 0 Å². The van der Waals surface area contributed by atoms with Crippen molar-refractivity contribution in [2.45, 2.75) is 32.4 Å². The molecule has 2 aromatic rings. The summed E-state index contributed by atoms with van der Waals surface area (Å²) >= 11 is 0. The Morgan fingerprint density at radius 3 is 2.48 bits per heavy atom. The van der Waals surface area contributed by atoms with Gasteiger partial charge < -0.3 is 9.64 Å². The van der Waals surface area contributed by atoms with Crippen LogP contribution in [0.5, 0.6) is 5.75 Å². The first-order chi connectivity index (χ1) is 11.2. The summed E-state index contributed by atoms with van der Waals surface area (Å²) in [6.07, 6.45) is 4.58. The number of benzene rings is 2. The molecule has 1 atom stereocenters. The molecule has 0 N–H and O–H groups in total. The Hall–Kier alpha value is -2.06. The van der Waals surface area contributed by atoms with Gasteiger partial charge in [-0.3, -0.25) is 0 Å². The molecule has 2 nitrogen and oxygen atoms in total. The van der Waals surface area contributed by atoms with E-state index in [0.717, 1.165) is 18.6 Å². The van der Waals surface area contributed by atoms with Gasteiger partial charge in [-0.2, -0.15) is 0 Å². The Morgan fingerprint density at radius 2 is 1.74 bits per heavy atom. The molecule has 0 fully saturated rings. The summed E-state index contributed by atoms with van der Waals surface area (Å²) in [5.74, 6) is 0.979. The normalized spacial score (nSPS) is 16.4. The third-order valence-electron chi connectivity index (χ3n) is 4.66. The van der Waals surface area contributed by atoms with Crippen LogP contribution in [0.2, 0.25) is 0 Å². The van der Waals surface area contributed by atoms with Crippen molar-refractivity contribution in [1.82, 2.24) is 4.90 Å². The average Bonchev–Trinajstić information content (AvgIpc) is 2.73. The van der Waals surface area contributed by atoms with Gasteiger partial charge in [-0.1, -0.05) is 55.5 Å². The van der Waals surface area contributed by atoms with Crippen LogP contribution in [0.3, 0.4) is 0 Å². The highest BCUT2D eigenvalue weighted by Gasteiger charge is 2.19. The first kappa shape index (κ1) is 15.8. The number of rotatable bonds is 4. The van der Waals surface area contributed by atoms with Crippen molar-refractivity contribution in [2.24, 2.45) is 0 Å². The fourth-order valence-corrected chi connectivity index (χ4v) is 3.24. The molecule has 1 unspecified atom stereocenters. The second kappa shape index (κ2) is 7.01. The molecule has 0 aromatic heterocycles. The molecule has 2 heteroatoms. The van der Waals surface area contributed by atoms with Gasteiger partial charge in [-0.25, -0.2) is 0 Å². The predicted molar refractivity (Wildman–Crippen MR) is 96.7 cm³/mol. The molecule has 1 heterocycles. The molecule has 0 amide bonds. The van der Waals surface area contributed by atoms with Crippen LogP contribution in [0.1, 0.15) is 36.5 Å². The maximum atomic E-state index is 6.03. The van der Waals surface area contributed by atoms with Crippen LogP contribution < -0.4 is 4.74 Å². The van der Waals surface area contributed by atoms with Crippen LogP contribution in [0, 0.1) is 0 Å². The highest BCUT2D eigenvalue weighted by molar-refractivity contribution is 5.84. The van der Waals surface area contributed by atoms with Gasteiger partial charge in [0.1, 0.15) is 12.4 Å². The maximum Gasteiger partial charge on any atom is 0.127 e. The van der Waals surface area contributed by atoms with E-state index < -0.39 is 0 Å². The number of fused-ring (bicyclic) bond motifs is 2. The van der Waals surface area contributed by atoms with Gasteiger partial charge in [0.2, 0.25) is 0 Å². The van der Waals surface area contributed by atoms with Crippen LogP contribution in [-0.4, -0.2) is 25.0 Å². The smallest absolute Gasteiger partial charge is 0.127 e. The second-order valence-corrected chi connectivity index (χ2v) is 6.32. The molecule has 1 aliphatic rings. The third kappa shape index (κ3) is 3.32. The summed E-state index contributed by atoms with van der Waals surface area (Å²) in [5.41, 5.74) is 5.05. The SMILES string of the molecule is CCC(CC=C1c2ccccc2COc2ccccc21)N(C)C. The lowest BCUT2D eigenvalue weighted by Gasteiger charge is -2.22. The van der Waals surface area contributed by atoms with E-state index in [1.807, 2.05) is 6.07 Å². The Kier molecular flexibility index (Phi) is 4.82. The molecule has 23 heavy (non-hydrogen) atoms. The van der Waals surface area contributed by atoms with Gasteiger partial charge in [0.15, 0.2) is 0 Å². The third-order valence-corrected chi connectivity index (χ3v) is 4.66. The van der Waals surface area contributed by atoms with Crippen LogP contribution in [-0.2, 0) is 6.61 Å². The summed E-state index contributed by atoms with van der Waals surface area (Å²) in [7, 11) is 4.32. The maximum absolute atomic E-state index is 6.03. The molecule has 3 rings (SSSR count). The Morgan fingerprint density at radius 1 is 1.04 bits per heavy atom. The topological polar surface area (TPSA) is 12.5 Å². The predicted octanol–water partition coefficient (Wildman–Crippen LogP) is 4.74. The molecule has 1 aliphatic heterocycles. The fourth-order valence-electron chi connectivity index (χ4n) is 3.24. The molecule has 0 aliphatic carbocycles. The number of nitrogens with zero attached hydrogens (tertiary/aromatic N) is 1. The van der Waals surface area contributed by atoms with Crippen molar-refractivity contribution < 1.29 is 4.74 Å². The number of hydrogen-bond donors (Lipinski definition) is 0. The van der Waals surface area contributed by atoms with Crippen molar-refractivity contribution in [1.29, 1.82) is 0 Å². The monoisotopic (exact) mass is 307 g/mol. The first-order valence-electron chi connectivity index (χ1n) is 8.37. The van der Waals surface area contributed by atoms with E-state index in [9.17, 15) is 0 Å². The van der Waals surface area contributed by atoms with Crippen LogP contribution >= 0.6 is 0 Å². The van der Waals surface area contributed by atoms with E-state index in [1.54, 1.807) is 0 Å². The lowest BCUT2D eigenvalue weighted by molar-refractivity contribution is 0.288. The summed E-state index contributed by atoms with van der Waals surface area (Å²) < 4.78 is 6.03. The molecular weight excluding hydrogens is 282 g/mol. The lowest BCUT2D eigenvalue weighted by atomic mass is 9.92. The Labute approximate surface area is 139 Å². The largest absolute Gasteiger partial charge is 0.488 e. The van der Waals surface area contributed by atoms with Gasteiger partial charge in [-0.05, 0) is 49.7 Å². The highest BCUT2D eigenvalue weighted by atomic mass is 16.5. The zero-order chi connectivity index (χ0) is 16.2. The zero-order valence-corrected chi connectivity index (χ0v) is 14.3. The molecule has 120 valence electrons. The minimum atomic E-state index is 0.561. The second-order valence-electron chi connectivity index (χ2n) is 6.32. The Bertz CT molecular complexity index is 653. The van der Waals surface area contributed by atoms with Gasteiger partial charge in [0.25, 0.3) is 0 Å². The van der Waals surface area contributed by atoms with Crippen molar-refractivity contribution >= 4 is 5.57 Å². The van der Waals surface area contributed by atoms with Crippen molar-refractivity contribution in [2.75, 3.05) is 14.1 Å². The fraction of sp³-hybridized carbons (Fsp3) is 0.333. The van der Waals surface area contributed by atoms with Gasteiger partial charge >= 0.3 is 0 Å². The van der Waals surface area contributed by atoms with E-state index in [-0.39, 0.29) is 0 Å². The van der Waals surface area contributed by atoms with Gasteiger partial charge in [-0.15, -0.1) is 0 Å². The van der Waals surface area contributed by atoms with Crippen LogP contribution in [0.25, 0.3) is 5.57 Å². The first-order valence-corrected chi connectivity index (χ1v) is 8.37. The summed E-state index contributed by atoms with van der Waals surface area (Å²) in [6, 6.07) is 17.5. The van der Waals surface area contributed by atoms with E-state index in [2.05, 4.69) is 74.5 Å². The lowest BCUT2D eigenvalue weighted by Crippen LogP contribution is -2.26. The minimum absolute atomic E-state index is 0.561. The quantitative estimate of drug-likeness (QED) is 0.809. The molecular formula is C21H25NO. The van der Waals surface area contributed by atoms with Crippen molar-refractivity contribution in [3.05, 3.63) is 71.3 Å². The van der Waals surface area contributed by atoms with E-state index in [0.29, 0.717) is 12.6 Å². The van der Waals surface area contributed by atoms with Gasteiger partial charge in [0.05, 0.1) is 0 Å².